The zero-order valence-corrected chi connectivity index (χ0v) is 13.2. The van der Waals surface area contributed by atoms with Crippen molar-refractivity contribution in [3.8, 4) is 0 Å². The summed E-state index contributed by atoms with van der Waals surface area (Å²) in [5.41, 5.74) is -1.74. The Morgan fingerprint density at radius 1 is 1.22 bits per heavy atom. The molecule has 1 aromatic carbocycles. The summed E-state index contributed by atoms with van der Waals surface area (Å²) in [5.74, 6) is -0.448. The van der Waals surface area contributed by atoms with Gasteiger partial charge in [-0.2, -0.15) is 13.2 Å². The minimum Gasteiger partial charge on any atom is -0.470 e. The van der Waals surface area contributed by atoms with E-state index in [1.54, 1.807) is 20.8 Å². The van der Waals surface area contributed by atoms with Gasteiger partial charge in [-0.05, 0) is 32.9 Å². The van der Waals surface area contributed by atoms with Gasteiger partial charge in [0.1, 0.15) is 11.7 Å². The quantitative estimate of drug-likeness (QED) is 0.862. The van der Waals surface area contributed by atoms with Crippen molar-refractivity contribution in [2.75, 3.05) is 7.11 Å². The first-order valence-electron chi connectivity index (χ1n) is 6.93. The molecule has 0 aromatic heterocycles. The number of ether oxygens (including phenoxy) is 2. The molecule has 126 valence electrons. The molecule has 1 aliphatic heterocycles. The van der Waals surface area contributed by atoms with Gasteiger partial charge in [-0.1, -0.05) is 12.1 Å². The van der Waals surface area contributed by atoms with Crippen LogP contribution in [-0.2, 0) is 26.2 Å². The molecule has 0 radical (unpaired) electrons. The molecule has 0 saturated heterocycles. The molecule has 1 heterocycles. The highest BCUT2D eigenvalue weighted by Crippen LogP contribution is 2.38. The van der Waals surface area contributed by atoms with E-state index in [0.717, 1.165) is 12.1 Å². The zero-order chi connectivity index (χ0) is 17.5. The molecular weight excluding hydrogens is 311 g/mol. The lowest BCUT2D eigenvalue weighted by Crippen LogP contribution is -2.41. The molecule has 0 amide bonds. The van der Waals surface area contributed by atoms with Crippen LogP contribution in [0.2, 0.25) is 0 Å². The molecule has 23 heavy (non-hydrogen) atoms. The van der Waals surface area contributed by atoms with Crippen molar-refractivity contribution >= 4 is 5.97 Å². The van der Waals surface area contributed by atoms with Crippen LogP contribution in [0.3, 0.4) is 0 Å². The second kappa shape index (κ2) is 5.47. The number of carbonyl (C=O) groups excluding carboxylic acids is 1. The van der Waals surface area contributed by atoms with E-state index in [1.165, 1.54) is 25.5 Å². The molecule has 1 aromatic rings. The molecule has 0 aliphatic carbocycles. The van der Waals surface area contributed by atoms with E-state index in [2.05, 4.69) is 5.32 Å². The first-order valence-corrected chi connectivity index (χ1v) is 6.93. The van der Waals surface area contributed by atoms with Crippen LogP contribution in [0.5, 0.6) is 0 Å². The van der Waals surface area contributed by atoms with Gasteiger partial charge in [0.15, 0.2) is 0 Å². The lowest BCUT2D eigenvalue weighted by Gasteiger charge is -2.29. The van der Waals surface area contributed by atoms with Gasteiger partial charge in [0.05, 0.1) is 18.4 Å². The van der Waals surface area contributed by atoms with Gasteiger partial charge in [-0.15, -0.1) is 0 Å². The number of hydrogen-bond acceptors (Lipinski definition) is 4. The second-order valence-corrected chi connectivity index (χ2v) is 6.00. The SMILES string of the molecule is COC(=O)C(C)(C)C1=CO[C@@](C)(c2ccc(C(F)(F)F)cc2)N1. The average Bonchev–Trinajstić information content (AvgIpc) is 2.90. The molecule has 1 N–H and O–H groups in total. The molecule has 2 rings (SSSR count). The monoisotopic (exact) mass is 329 g/mol. The summed E-state index contributed by atoms with van der Waals surface area (Å²) in [4.78, 5) is 11.8. The van der Waals surface area contributed by atoms with E-state index in [0.29, 0.717) is 11.3 Å². The lowest BCUT2D eigenvalue weighted by molar-refractivity contribution is -0.148. The third kappa shape index (κ3) is 3.13. The van der Waals surface area contributed by atoms with Crippen molar-refractivity contribution in [2.45, 2.75) is 32.7 Å². The highest BCUT2D eigenvalue weighted by atomic mass is 19.4. The maximum Gasteiger partial charge on any atom is 0.416 e. The molecule has 0 unspecified atom stereocenters. The van der Waals surface area contributed by atoms with Gasteiger partial charge in [-0.25, -0.2) is 0 Å². The van der Waals surface area contributed by atoms with Crippen molar-refractivity contribution in [3.05, 3.63) is 47.4 Å². The molecule has 4 nitrogen and oxygen atoms in total. The summed E-state index contributed by atoms with van der Waals surface area (Å²) in [5, 5.41) is 3.05. The van der Waals surface area contributed by atoms with Crippen LogP contribution in [0.25, 0.3) is 0 Å². The van der Waals surface area contributed by atoms with E-state index in [1.807, 2.05) is 0 Å². The Balaban J connectivity index is 2.22. The number of alkyl halides is 3. The largest absolute Gasteiger partial charge is 0.470 e. The summed E-state index contributed by atoms with van der Waals surface area (Å²) in [7, 11) is 1.29. The molecule has 0 bridgehead atoms. The van der Waals surface area contributed by atoms with Crippen molar-refractivity contribution in [3.63, 3.8) is 0 Å². The summed E-state index contributed by atoms with van der Waals surface area (Å²) in [6.07, 6.45) is -2.99. The number of hydrogen-bond donors (Lipinski definition) is 1. The van der Waals surface area contributed by atoms with Gasteiger partial charge in [-0.3, -0.25) is 4.79 Å². The van der Waals surface area contributed by atoms with Crippen LogP contribution >= 0.6 is 0 Å². The Kier molecular flexibility index (Phi) is 4.09. The Bertz CT molecular complexity index is 635. The summed E-state index contributed by atoms with van der Waals surface area (Å²) in [6, 6.07) is 4.68. The highest BCUT2D eigenvalue weighted by molar-refractivity contribution is 5.79. The number of halogens is 3. The third-order valence-electron chi connectivity index (χ3n) is 3.92. The maximum absolute atomic E-state index is 12.6. The lowest BCUT2D eigenvalue weighted by atomic mass is 9.89. The topological polar surface area (TPSA) is 47.6 Å². The van der Waals surface area contributed by atoms with Gasteiger partial charge >= 0.3 is 12.1 Å². The minimum absolute atomic E-state index is 0.448. The number of rotatable bonds is 3. The van der Waals surface area contributed by atoms with Crippen molar-refractivity contribution in [2.24, 2.45) is 5.41 Å². The molecular formula is C16H18F3NO3. The standard InChI is InChI=1S/C16H18F3NO3/c1-14(2,13(21)22-4)12-9-23-15(3,20-12)10-5-7-11(8-6-10)16(17,18)19/h5-9,20H,1-4H3/t15-/m0/s1. The van der Waals surface area contributed by atoms with E-state index in [4.69, 9.17) is 9.47 Å². The predicted octanol–water partition coefficient (Wildman–Crippen LogP) is 3.54. The molecule has 0 fully saturated rings. The molecule has 0 spiro atoms. The first-order chi connectivity index (χ1) is 10.5. The molecule has 0 saturated carbocycles. The number of benzene rings is 1. The molecule has 7 heteroatoms. The Labute approximate surface area is 132 Å². The Morgan fingerprint density at radius 2 is 1.78 bits per heavy atom. The van der Waals surface area contributed by atoms with E-state index in [-0.39, 0.29) is 0 Å². The maximum atomic E-state index is 12.6. The number of methoxy groups -OCH3 is 1. The third-order valence-corrected chi connectivity index (χ3v) is 3.92. The van der Waals surface area contributed by atoms with Gasteiger partial charge in [0.25, 0.3) is 0 Å². The minimum atomic E-state index is -4.39. The van der Waals surface area contributed by atoms with Crippen LogP contribution in [-0.4, -0.2) is 13.1 Å². The van der Waals surface area contributed by atoms with E-state index in [9.17, 15) is 18.0 Å². The second-order valence-electron chi connectivity index (χ2n) is 6.00. The van der Waals surface area contributed by atoms with Crippen molar-refractivity contribution < 1.29 is 27.4 Å². The summed E-state index contributed by atoms with van der Waals surface area (Å²) >= 11 is 0. The van der Waals surface area contributed by atoms with Gasteiger partial charge in [0.2, 0.25) is 5.72 Å². The fraction of sp³-hybridized carbons (Fsp3) is 0.438. The van der Waals surface area contributed by atoms with Crippen LogP contribution in [0, 0.1) is 5.41 Å². The Hall–Kier alpha value is -2.18. The number of carbonyl (C=O) groups is 1. The Morgan fingerprint density at radius 3 is 2.26 bits per heavy atom. The molecule has 1 aliphatic rings. The van der Waals surface area contributed by atoms with Crippen LogP contribution in [0.4, 0.5) is 13.2 Å². The fourth-order valence-corrected chi connectivity index (χ4v) is 2.28. The van der Waals surface area contributed by atoms with E-state index >= 15 is 0 Å². The van der Waals surface area contributed by atoms with Crippen molar-refractivity contribution in [1.29, 1.82) is 0 Å². The first kappa shape index (κ1) is 17.2. The van der Waals surface area contributed by atoms with Gasteiger partial charge < -0.3 is 14.8 Å². The van der Waals surface area contributed by atoms with Crippen molar-refractivity contribution in [1.82, 2.24) is 5.32 Å². The number of nitrogens with one attached hydrogen (secondary N) is 1. The van der Waals surface area contributed by atoms with Crippen LogP contribution < -0.4 is 5.32 Å². The summed E-state index contributed by atoms with van der Waals surface area (Å²) < 4.78 is 48.2. The van der Waals surface area contributed by atoms with Crippen LogP contribution in [0.1, 0.15) is 31.9 Å². The molecule has 1 atom stereocenters. The summed E-state index contributed by atoms with van der Waals surface area (Å²) in [6.45, 7) is 5.01. The fourth-order valence-electron chi connectivity index (χ4n) is 2.28. The van der Waals surface area contributed by atoms with E-state index < -0.39 is 28.8 Å². The smallest absolute Gasteiger partial charge is 0.416 e. The average molecular weight is 329 g/mol. The number of esters is 1. The van der Waals surface area contributed by atoms with Gasteiger partial charge in [0, 0.05) is 5.56 Å². The zero-order valence-electron chi connectivity index (χ0n) is 13.2. The predicted molar refractivity (Wildman–Crippen MR) is 76.9 cm³/mol. The normalized spacial score (nSPS) is 21.3. The highest BCUT2D eigenvalue weighted by Gasteiger charge is 2.43. The van der Waals surface area contributed by atoms with Crippen LogP contribution in [0.15, 0.2) is 36.2 Å².